The Balaban J connectivity index is 3.48. The van der Waals surface area contributed by atoms with Crippen LogP contribution in [0.4, 0.5) is 0 Å². The van der Waals surface area contributed by atoms with Gasteiger partial charge in [-0.15, -0.1) is 0 Å². The summed E-state index contributed by atoms with van der Waals surface area (Å²) in [6.45, 7) is 0. The van der Waals surface area contributed by atoms with Crippen LogP contribution in [-0.4, -0.2) is 16.9 Å². The molecule has 0 unspecified atom stereocenters. The first-order chi connectivity index (χ1) is 3.68. The number of ketones is 1. The van der Waals surface area contributed by atoms with Gasteiger partial charge in [0.2, 0.25) is 0 Å². The number of carbonyl (C=O) groups is 2. The van der Waals surface area contributed by atoms with Crippen molar-refractivity contribution in [2.24, 2.45) is 0 Å². The van der Waals surface area contributed by atoms with E-state index in [-0.39, 0.29) is 6.42 Å². The molecule has 0 radical (unpaired) electrons. The summed E-state index contributed by atoms with van der Waals surface area (Å²) in [6, 6.07) is 0. The molecule has 2 nitrogen and oxygen atoms in total. The van der Waals surface area contributed by atoms with Crippen LogP contribution in [0.5, 0.6) is 0 Å². The normalized spacial score (nSPS) is 9.38. The van der Waals surface area contributed by atoms with Gasteiger partial charge < -0.3 is 4.79 Å². The molecule has 0 aliphatic carbocycles. The third kappa shape index (κ3) is 2.99. The monoisotopic (exact) mass is 154 g/mol. The highest BCUT2D eigenvalue weighted by molar-refractivity contribution is 6.54. The lowest BCUT2D eigenvalue weighted by molar-refractivity contribution is -0.120. The molecule has 46 valence electrons. The number of halogens is 2. The van der Waals surface area contributed by atoms with Gasteiger partial charge in [-0.25, -0.2) is 0 Å². The summed E-state index contributed by atoms with van der Waals surface area (Å²) in [5, 5.41) is 0. The maximum absolute atomic E-state index is 10.2. The molecule has 0 saturated heterocycles. The molecule has 0 aromatic rings. The van der Waals surface area contributed by atoms with Crippen LogP contribution in [0.25, 0.3) is 0 Å². The van der Waals surface area contributed by atoms with E-state index in [1.807, 2.05) is 0 Å². The first-order valence-electron chi connectivity index (χ1n) is 1.93. The molecule has 0 saturated carbocycles. The molecule has 4 heteroatoms. The number of carbonyl (C=O) groups excluding carboxylic acids is 2. The maximum Gasteiger partial charge on any atom is 0.172 e. The lowest BCUT2D eigenvalue weighted by Gasteiger charge is -1.90. The summed E-state index contributed by atoms with van der Waals surface area (Å²) in [5.74, 6) is -0.455. The summed E-state index contributed by atoms with van der Waals surface area (Å²) < 4.78 is 0. The van der Waals surface area contributed by atoms with Crippen molar-refractivity contribution in [1.82, 2.24) is 0 Å². The van der Waals surface area contributed by atoms with Gasteiger partial charge in [-0.2, -0.15) is 0 Å². The summed E-state index contributed by atoms with van der Waals surface area (Å²) in [4.78, 5) is 18.8. The van der Waals surface area contributed by atoms with Crippen LogP contribution >= 0.6 is 23.2 Å². The van der Waals surface area contributed by atoms with E-state index in [1.165, 1.54) is 0 Å². The van der Waals surface area contributed by atoms with E-state index >= 15 is 0 Å². The zero-order valence-electron chi connectivity index (χ0n) is 3.93. The van der Waals surface area contributed by atoms with Gasteiger partial charge in [0.1, 0.15) is 6.29 Å². The first-order valence-corrected chi connectivity index (χ1v) is 2.80. The van der Waals surface area contributed by atoms with Crippen LogP contribution in [-0.2, 0) is 9.59 Å². The first kappa shape index (κ1) is 7.92. The lowest BCUT2D eigenvalue weighted by atomic mass is 10.3. The molecule has 0 spiro atoms. The Morgan fingerprint density at radius 2 is 2.12 bits per heavy atom. The summed E-state index contributed by atoms with van der Waals surface area (Å²) in [7, 11) is 0. The van der Waals surface area contributed by atoms with Crippen LogP contribution in [0.15, 0.2) is 0 Å². The number of alkyl halides is 2. The molecule has 0 aromatic heterocycles. The fourth-order valence-electron chi connectivity index (χ4n) is 0.171. The minimum Gasteiger partial charge on any atom is -0.303 e. The molecule has 0 N–H and O–H groups in total. The highest BCUT2D eigenvalue weighted by Gasteiger charge is 2.08. The van der Waals surface area contributed by atoms with E-state index < -0.39 is 10.6 Å². The average molecular weight is 155 g/mol. The summed E-state index contributed by atoms with van der Waals surface area (Å²) >= 11 is 10.1. The highest BCUT2D eigenvalue weighted by Crippen LogP contribution is 2.03. The van der Waals surface area contributed by atoms with E-state index in [0.29, 0.717) is 6.29 Å². The smallest absolute Gasteiger partial charge is 0.172 e. The van der Waals surface area contributed by atoms with Crippen molar-refractivity contribution in [1.29, 1.82) is 0 Å². The molecule has 0 bridgehead atoms. The van der Waals surface area contributed by atoms with E-state index in [2.05, 4.69) is 0 Å². The molecule has 8 heavy (non-hydrogen) atoms. The van der Waals surface area contributed by atoms with Gasteiger partial charge in [0, 0.05) is 0 Å². The molecule has 0 heterocycles. The Labute approximate surface area is 56.8 Å². The van der Waals surface area contributed by atoms with Crippen LogP contribution in [0.2, 0.25) is 0 Å². The van der Waals surface area contributed by atoms with Gasteiger partial charge in [-0.3, -0.25) is 4.79 Å². The molecule has 0 aliphatic rings. The number of hydrogen-bond donors (Lipinski definition) is 0. The van der Waals surface area contributed by atoms with Crippen molar-refractivity contribution >= 4 is 35.3 Å². The second-order valence-electron chi connectivity index (χ2n) is 1.14. The Morgan fingerprint density at radius 3 is 2.25 bits per heavy atom. The van der Waals surface area contributed by atoms with E-state index in [4.69, 9.17) is 23.2 Å². The van der Waals surface area contributed by atoms with Crippen LogP contribution in [0, 0.1) is 0 Å². The Morgan fingerprint density at radius 1 is 1.62 bits per heavy atom. The quantitative estimate of drug-likeness (QED) is 0.345. The zero-order valence-corrected chi connectivity index (χ0v) is 5.45. The van der Waals surface area contributed by atoms with Crippen molar-refractivity contribution < 1.29 is 9.59 Å². The zero-order chi connectivity index (χ0) is 6.57. The van der Waals surface area contributed by atoms with Crippen molar-refractivity contribution in [2.75, 3.05) is 0 Å². The van der Waals surface area contributed by atoms with Gasteiger partial charge in [0.15, 0.2) is 10.6 Å². The molecular weight excluding hydrogens is 151 g/mol. The Hall–Kier alpha value is -0.0800. The predicted octanol–water partition coefficient (Wildman–Crippen LogP) is 0.948. The molecular formula is C4H4Cl2O2. The van der Waals surface area contributed by atoms with Crippen molar-refractivity contribution in [3.8, 4) is 0 Å². The minimum atomic E-state index is -1.06. The number of Topliss-reactive ketones (excluding diaryl/α,β-unsaturated/α-hetero) is 1. The molecule has 0 amide bonds. The third-order valence-corrected chi connectivity index (χ3v) is 1.01. The number of aldehydes is 1. The van der Waals surface area contributed by atoms with Crippen molar-refractivity contribution in [3.05, 3.63) is 0 Å². The van der Waals surface area contributed by atoms with Crippen LogP contribution in [0.1, 0.15) is 6.42 Å². The highest BCUT2D eigenvalue weighted by atomic mass is 35.5. The number of rotatable bonds is 3. The van der Waals surface area contributed by atoms with Crippen LogP contribution in [0.3, 0.4) is 0 Å². The second-order valence-corrected chi connectivity index (χ2v) is 2.23. The minimum absolute atomic E-state index is 0.197. The van der Waals surface area contributed by atoms with Gasteiger partial charge in [0.05, 0.1) is 6.42 Å². The van der Waals surface area contributed by atoms with E-state index in [1.54, 1.807) is 0 Å². The second kappa shape index (κ2) is 3.87. The SMILES string of the molecule is O=CCC(=O)C(Cl)Cl. The molecule has 0 fully saturated rings. The Bertz CT molecular complexity index is 100. The fraction of sp³-hybridized carbons (Fsp3) is 0.500. The summed E-state index contributed by atoms with van der Waals surface area (Å²) in [5.41, 5.74) is 0. The van der Waals surface area contributed by atoms with Crippen molar-refractivity contribution in [2.45, 2.75) is 11.3 Å². The third-order valence-electron chi connectivity index (χ3n) is 0.528. The largest absolute Gasteiger partial charge is 0.303 e. The van der Waals surface area contributed by atoms with Gasteiger partial charge in [-0.05, 0) is 0 Å². The molecule has 0 aromatic carbocycles. The topological polar surface area (TPSA) is 34.1 Å². The fourth-order valence-corrected chi connectivity index (χ4v) is 0.349. The van der Waals surface area contributed by atoms with Gasteiger partial charge in [0.25, 0.3) is 0 Å². The molecule has 0 rings (SSSR count). The van der Waals surface area contributed by atoms with Gasteiger partial charge >= 0.3 is 0 Å². The maximum atomic E-state index is 10.2. The predicted molar refractivity (Wildman–Crippen MR) is 31.2 cm³/mol. The van der Waals surface area contributed by atoms with Crippen LogP contribution < -0.4 is 0 Å². The van der Waals surface area contributed by atoms with E-state index in [9.17, 15) is 9.59 Å². The van der Waals surface area contributed by atoms with Gasteiger partial charge in [-0.1, -0.05) is 23.2 Å². The molecule has 0 aliphatic heterocycles. The standard InChI is InChI=1S/C4H4Cl2O2/c5-4(6)3(8)1-2-7/h2,4H,1H2. The average Bonchev–Trinajstić information content (AvgIpc) is 1.67. The summed E-state index contributed by atoms with van der Waals surface area (Å²) in [6.07, 6.45) is 0.276. The lowest BCUT2D eigenvalue weighted by Crippen LogP contribution is -2.06. The molecule has 0 atom stereocenters. The Kier molecular flexibility index (Phi) is 3.83. The number of hydrogen-bond acceptors (Lipinski definition) is 2. The van der Waals surface area contributed by atoms with Crippen molar-refractivity contribution in [3.63, 3.8) is 0 Å². The van der Waals surface area contributed by atoms with E-state index in [0.717, 1.165) is 0 Å².